The molecule has 2 rings (SSSR count). The Labute approximate surface area is 120 Å². The highest BCUT2D eigenvalue weighted by Crippen LogP contribution is 2.51. The van der Waals surface area contributed by atoms with E-state index in [1.165, 1.54) is 0 Å². The zero-order valence-electron chi connectivity index (χ0n) is 12.6. The minimum absolute atomic E-state index is 0.0215. The molecule has 1 fully saturated rings. The molecule has 2 atom stereocenters. The van der Waals surface area contributed by atoms with Crippen LogP contribution in [-0.2, 0) is 16.0 Å². The number of rotatable bonds is 4. The van der Waals surface area contributed by atoms with Crippen LogP contribution in [0.4, 0.5) is 0 Å². The molecule has 4 heteroatoms. The van der Waals surface area contributed by atoms with Gasteiger partial charge in [-0.15, -0.1) is 0 Å². The van der Waals surface area contributed by atoms with Crippen LogP contribution in [0.1, 0.15) is 32.8 Å². The molecule has 2 N–H and O–H groups in total. The molecule has 0 unspecified atom stereocenters. The molecule has 0 radical (unpaired) electrons. The van der Waals surface area contributed by atoms with Crippen molar-refractivity contribution >= 4 is 5.91 Å². The van der Waals surface area contributed by atoms with Crippen molar-refractivity contribution in [2.45, 2.75) is 45.3 Å². The lowest BCUT2D eigenvalue weighted by Gasteiger charge is -2.59. The van der Waals surface area contributed by atoms with Gasteiger partial charge in [0.15, 0.2) is 0 Å². The third kappa shape index (κ3) is 2.52. The minimum Gasteiger partial charge on any atom is -0.508 e. The summed E-state index contributed by atoms with van der Waals surface area (Å²) in [5.74, 6) is 0.165. The Hall–Kier alpha value is -1.55. The number of nitrogens with one attached hydrogen (secondary N) is 1. The van der Waals surface area contributed by atoms with Gasteiger partial charge in [0.25, 0.3) is 0 Å². The number of phenols is 1. The Morgan fingerprint density at radius 2 is 2.15 bits per heavy atom. The summed E-state index contributed by atoms with van der Waals surface area (Å²) in [4.78, 5) is 12.1. The van der Waals surface area contributed by atoms with Gasteiger partial charge in [-0.3, -0.25) is 4.79 Å². The van der Waals surface area contributed by atoms with Crippen LogP contribution < -0.4 is 5.32 Å². The maximum Gasteiger partial charge on any atom is 0.224 e. The number of carbonyl (C=O) groups is 1. The van der Waals surface area contributed by atoms with Crippen molar-refractivity contribution in [1.29, 1.82) is 0 Å². The maximum absolute atomic E-state index is 12.1. The number of hydrogen-bond donors (Lipinski definition) is 2. The average Bonchev–Trinajstić information content (AvgIpc) is 2.37. The molecular formula is C16H23NO3. The molecule has 0 bridgehead atoms. The van der Waals surface area contributed by atoms with Gasteiger partial charge in [-0.2, -0.15) is 0 Å². The lowest BCUT2D eigenvalue weighted by atomic mass is 9.56. The fourth-order valence-corrected chi connectivity index (χ4v) is 2.82. The van der Waals surface area contributed by atoms with E-state index in [0.29, 0.717) is 0 Å². The Morgan fingerprint density at radius 3 is 2.70 bits per heavy atom. The van der Waals surface area contributed by atoms with Crippen LogP contribution in [0, 0.1) is 5.41 Å². The molecule has 0 heterocycles. The third-order valence-electron chi connectivity index (χ3n) is 4.89. The molecule has 1 aliphatic rings. The highest BCUT2D eigenvalue weighted by atomic mass is 16.5. The van der Waals surface area contributed by atoms with E-state index in [9.17, 15) is 9.90 Å². The molecule has 0 spiro atoms. The van der Waals surface area contributed by atoms with Gasteiger partial charge in [0.1, 0.15) is 5.75 Å². The van der Waals surface area contributed by atoms with Gasteiger partial charge in [0.2, 0.25) is 5.91 Å². The number of carbonyl (C=O) groups excluding carboxylic acids is 1. The van der Waals surface area contributed by atoms with Gasteiger partial charge in [-0.25, -0.2) is 0 Å². The average molecular weight is 277 g/mol. The number of amides is 1. The van der Waals surface area contributed by atoms with Crippen molar-refractivity contribution in [2.24, 2.45) is 5.41 Å². The van der Waals surface area contributed by atoms with E-state index in [1.807, 2.05) is 6.07 Å². The standard InChI is InChI=1S/C16H23NO3/c1-15(2)13(10-16(15,3)20-4)17-14(19)9-11-6-5-7-12(18)8-11/h5-8,13,18H,9-10H2,1-4H3,(H,17,19)/t13-,16-/m1/s1. The van der Waals surface area contributed by atoms with Gasteiger partial charge in [-0.05, 0) is 31.0 Å². The Bertz CT molecular complexity index is 512. The maximum atomic E-state index is 12.1. The van der Waals surface area contributed by atoms with E-state index in [2.05, 4.69) is 26.1 Å². The number of benzene rings is 1. The van der Waals surface area contributed by atoms with Gasteiger partial charge in [0.05, 0.1) is 12.0 Å². The van der Waals surface area contributed by atoms with E-state index in [-0.39, 0.29) is 35.1 Å². The van der Waals surface area contributed by atoms with Crippen molar-refractivity contribution in [1.82, 2.24) is 5.32 Å². The normalized spacial score (nSPS) is 27.7. The van der Waals surface area contributed by atoms with Gasteiger partial charge in [-0.1, -0.05) is 26.0 Å². The van der Waals surface area contributed by atoms with Gasteiger partial charge < -0.3 is 15.2 Å². The molecular weight excluding hydrogens is 254 g/mol. The Balaban J connectivity index is 1.94. The summed E-state index contributed by atoms with van der Waals surface area (Å²) >= 11 is 0. The molecule has 0 aromatic heterocycles. The van der Waals surface area contributed by atoms with Crippen LogP contribution in [0.15, 0.2) is 24.3 Å². The summed E-state index contributed by atoms with van der Waals surface area (Å²) in [5.41, 5.74) is 0.542. The SMILES string of the molecule is CO[C@]1(C)C[C@@H](NC(=O)Cc2cccc(O)c2)C1(C)C. The van der Waals surface area contributed by atoms with E-state index in [1.54, 1.807) is 25.3 Å². The number of phenolic OH excluding ortho intramolecular Hbond substituents is 1. The lowest BCUT2D eigenvalue weighted by molar-refractivity contribution is -0.182. The topological polar surface area (TPSA) is 58.6 Å². The second-order valence-electron chi connectivity index (χ2n) is 6.33. The first-order chi connectivity index (χ1) is 9.28. The molecule has 20 heavy (non-hydrogen) atoms. The predicted octanol–water partition coefficient (Wildman–Crippen LogP) is 2.25. The van der Waals surface area contributed by atoms with Crippen molar-refractivity contribution < 1.29 is 14.6 Å². The molecule has 110 valence electrons. The molecule has 0 saturated heterocycles. The number of ether oxygens (including phenoxy) is 1. The second-order valence-corrected chi connectivity index (χ2v) is 6.33. The fraction of sp³-hybridized carbons (Fsp3) is 0.562. The Morgan fingerprint density at radius 1 is 1.45 bits per heavy atom. The van der Waals surface area contributed by atoms with Crippen LogP contribution in [0.25, 0.3) is 0 Å². The number of methoxy groups -OCH3 is 1. The van der Waals surface area contributed by atoms with E-state index in [4.69, 9.17) is 4.74 Å². The number of hydrogen-bond acceptors (Lipinski definition) is 3. The number of aromatic hydroxyl groups is 1. The van der Waals surface area contributed by atoms with Crippen LogP contribution in [0.3, 0.4) is 0 Å². The molecule has 1 aromatic carbocycles. The molecule has 1 saturated carbocycles. The molecule has 0 aliphatic heterocycles. The summed E-state index contributed by atoms with van der Waals surface area (Å²) in [5, 5.41) is 12.5. The first-order valence-electron chi connectivity index (χ1n) is 6.91. The van der Waals surface area contributed by atoms with E-state index in [0.717, 1.165) is 12.0 Å². The van der Waals surface area contributed by atoms with Gasteiger partial charge in [0, 0.05) is 18.6 Å². The van der Waals surface area contributed by atoms with E-state index >= 15 is 0 Å². The van der Waals surface area contributed by atoms with Crippen LogP contribution in [0.5, 0.6) is 5.75 Å². The molecule has 1 aromatic rings. The Kier molecular flexibility index (Phi) is 3.78. The summed E-state index contributed by atoms with van der Waals surface area (Å²) in [7, 11) is 1.71. The van der Waals surface area contributed by atoms with Crippen LogP contribution in [0.2, 0.25) is 0 Å². The fourth-order valence-electron chi connectivity index (χ4n) is 2.82. The van der Waals surface area contributed by atoms with Crippen molar-refractivity contribution in [3.63, 3.8) is 0 Å². The first-order valence-corrected chi connectivity index (χ1v) is 6.91. The minimum atomic E-state index is -0.185. The zero-order chi connectivity index (χ0) is 15.0. The molecule has 1 aliphatic carbocycles. The van der Waals surface area contributed by atoms with Crippen molar-refractivity contribution in [3.8, 4) is 5.75 Å². The van der Waals surface area contributed by atoms with Crippen LogP contribution in [-0.4, -0.2) is 29.8 Å². The molecule has 1 amide bonds. The van der Waals surface area contributed by atoms with Crippen molar-refractivity contribution in [3.05, 3.63) is 29.8 Å². The van der Waals surface area contributed by atoms with Crippen LogP contribution >= 0.6 is 0 Å². The summed E-state index contributed by atoms with van der Waals surface area (Å²) in [6.45, 7) is 6.30. The zero-order valence-corrected chi connectivity index (χ0v) is 12.6. The monoisotopic (exact) mass is 277 g/mol. The molecule has 4 nitrogen and oxygen atoms in total. The largest absolute Gasteiger partial charge is 0.508 e. The summed E-state index contributed by atoms with van der Waals surface area (Å²) in [6, 6.07) is 6.92. The summed E-state index contributed by atoms with van der Waals surface area (Å²) in [6.07, 6.45) is 1.10. The van der Waals surface area contributed by atoms with Gasteiger partial charge >= 0.3 is 0 Å². The summed E-state index contributed by atoms with van der Waals surface area (Å²) < 4.78 is 5.55. The van der Waals surface area contributed by atoms with E-state index < -0.39 is 0 Å². The third-order valence-corrected chi connectivity index (χ3v) is 4.89. The highest BCUT2D eigenvalue weighted by molar-refractivity contribution is 5.79. The predicted molar refractivity (Wildman–Crippen MR) is 77.6 cm³/mol. The quantitative estimate of drug-likeness (QED) is 0.887. The smallest absolute Gasteiger partial charge is 0.224 e. The second kappa shape index (κ2) is 5.09. The lowest BCUT2D eigenvalue weighted by Crippen LogP contribution is -2.68. The highest BCUT2D eigenvalue weighted by Gasteiger charge is 2.58. The first kappa shape index (κ1) is 14.9. The van der Waals surface area contributed by atoms with Crippen molar-refractivity contribution in [2.75, 3.05) is 7.11 Å².